The molecule has 0 aliphatic carbocycles. The van der Waals surface area contributed by atoms with Crippen molar-refractivity contribution in [1.29, 1.82) is 0 Å². The lowest BCUT2D eigenvalue weighted by Gasteiger charge is -2.03. The Balaban J connectivity index is 2.29. The molecule has 63 valence electrons. The molecule has 1 aliphatic rings. The summed E-state index contributed by atoms with van der Waals surface area (Å²) in [5.74, 6) is -1.05. The third-order valence-corrected chi connectivity index (χ3v) is 2.10. The maximum atomic E-state index is 11.3. The number of hydrogen-bond acceptors (Lipinski definition) is 3. The molecule has 2 heterocycles. The smallest absolute Gasteiger partial charge is 0.198 e. The minimum atomic E-state index is -0.409. The lowest BCUT2D eigenvalue weighted by atomic mass is 9.65. The van der Waals surface area contributed by atoms with Gasteiger partial charge in [-0.05, 0) is 18.5 Å². The molecule has 1 unspecified atom stereocenters. The van der Waals surface area contributed by atoms with E-state index in [2.05, 4.69) is 4.98 Å². The van der Waals surface area contributed by atoms with Crippen LogP contribution in [0.5, 0.6) is 0 Å². The van der Waals surface area contributed by atoms with Gasteiger partial charge in [0.25, 0.3) is 0 Å². The second-order valence-corrected chi connectivity index (χ2v) is 2.96. The number of ketones is 2. The Morgan fingerprint density at radius 3 is 2.77 bits per heavy atom. The molecule has 0 spiro atoms. The highest BCUT2D eigenvalue weighted by Crippen LogP contribution is 2.20. The van der Waals surface area contributed by atoms with Gasteiger partial charge in [0, 0.05) is 17.7 Å². The number of carbonyl (C=O) groups excluding carboxylic acids is 2. The van der Waals surface area contributed by atoms with Crippen molar-refractivity contribution in [2.45, 2.75) is 12.1 Å². The van der Waals surface area contributed by atoms with Crippen LogP contribution in [0.25, 0.3) is 0 Å². The van der Waals surface area contributed by atoms with Crippen LogP contribution < -0.4 is 0 Å². The van der Waals surface area contributed by atoms with Gasteiger partial charge in [0.15, 0.2) is 11.6 Å². The predicted octanol–water partition coefficient (Wildman–Crippen LogP) is 0.397. The fraction of sp³-hybridized carbons (Fsp3) is 0.222. The van der Waals surface area contributed by atoms with Crippen LogP contribution in [0.3, 0.4) is 0 Å². The van der Waals surface area contributed by atoms with E-state index in [-0.39, 0.29) is 17.9 Å². The molecule has 1 radical (unpaired) electrons. The zero-order valence-electron chi connectivity index (χ0n) is 6.93. The van der Waals surface area contributed by atoms with Crippen molar-refractivity contribution in [3.05, 3.63) is 30.1 Å². The molecular weight excluding hydrogens is 165 g/mol. The molecule has 1 aliphatic heterocycles. The minimum Gasteiger partial charge on any atom is -0.292 e. The summed E-state index contributed by atoms with van der Waals surface area (Å²) < 4.78 is 0. The van der Waals surface area contributed by atoms with Gasteiger partial charge >= 0.3 is 0 Å². The summed E-state index contributed by atoms with van der Waals surface area (Å²) in [7, 11) is 1.72. The van der Waals surface area contributed by atoms with Crippen LogP contribution in [-0.4, -0.2) is 23.8 Å². The summed E-state index contributed by atoms with van der Waals surface area (Å²) in [6.07, 6.45) is 1.87. The molecule has 13 heavy (non-hydrogen) atoms. The molecule has 0 aromatic carbocycles. The molecule has 0 saturated carbocycles. The fourth-order valence-corrected chi connectivity index (χ4v) is 1.42. The molecular formula is C9H7BNO2. The van der Waals surface area contributed by atoms with Crippen molar-refractivity contribution in [1.82, 2.24) is 4.98 Å². The molecule has 0 amide bonds. The van der Waals surface area contributed by atoms with Crippen LogP contribution >= 0.6 is 0 Å². The van der Waals surface area contributed by atoms with Crippen LogP contribution in [0.4, 0.5) is 0 Å². The van der Waals surface area contributed by atoms with Crippen LogP contribution in [0.15, 0.2) is 24.4 Å². The lowest BCUT2D eigenvalue weighted by molar-refractivity contribution is -0.134. The van der Waals surface area contributed by atoms with Gasteiger partial charge in [-0.25, -0.2) is 0 Å². The summed E-state index contributed by atoms with van der Waals surface area (Å²) in [5.41, 5.74) is 0.665. The number of pyridine rings is 1. The standard InChI is InChI=1S/C9H7BNO2/c12-7-5-10-8(9(7)13)6-3-1-2-4-11-6/h1-4,8H,5H2. The summed E-state index contributed by atoms with van der Waals surface area (Å²) in [4.78, 5) is 26.3. The third kappa shape index (κ3) is 1.39. The second-order valence-electron chi connectivity index (χ2n) is 2.96. The number of nitrogens with zero attached hydrogens (tertiary/aromatic N) is 1. The molecule has 1 atom stereocenters. The Hall–Kier alpha value is -1.45. The van der Waals surface area contributed by atoms with Gasteiger partial charge in [0.05, 0.1) is 0 Å². The number of carbonyl (C=O) groups is 2. The van der Waals surface area contributed by atoms with Crippen molar-refractivity contribution < 1.29 is 9.59 Å². The lowest BCUT2D eigenvalue weighted by Crippen LogP contribution is -2.14. The number of hydrogen-bond donors (Lipinski definition) is 0. The van der Waals surface area contributed by atoms with E-state index in [4.69, 9.17) is 0 Å². The zero-order valence-corrected chi connectivity index (χ0v) is 6.93. The Labute approximate surface area is 76.4 Å². The van der Waals surface area contributed by atoms with Crippen LogP contribution in [-0.2, 0) is 9.59 Å². The fourth-order valence-electron chi connectivity index (χ4n) is 1.42. The first-order chi connectivity index (χ1) is 6.29. The minimum absolute atomic E-state index is 0.250. The van der Waals surface area contributed by atoms with Gasteiger partial charge in [-0.15, -0.1) is 0 Å². The number of Topliss-reactive ketones (excluding diaryl/α,β-unsaturated/α-hetero) is 2. The Morgan fingerprint density at radius 2 is 2.23 bits per heavy atom. The highest BCUT2D eigenvalue weighted by Gasteiger charge is 2.34. The predicted molar refractivity (Wildman–Crippen MR) is 47.6 cm³/mol. The van der Waals surface area contributed by atoms with Crippen LogP contribution in [0, 0.1) is 0 Å². The van der Waals surface area contributed by atoms with Gasteiger partial charge in [-0.1, -0.05) is 6.07 Å². The quantitative estimate of drug-likeness (QED) is 0.454. The van der Waals surface area contributed by atoms with E-state index in [0.29, 0.717) is 5.69 Å². The average molecular weight is 172 g/mol. The van der Waals surface area contributed by atoms with E-state index >= 15 is 0 Å². The first kappa shape index (κ1) is 8.17. The third-order valence-electron chi connectivity index (χ3n) is 2.10. The molecule has 1 aromatic rings. The summed E-state index contributed by atoms with van der Waals surface area (Å²) in [5, 5.41) is 0. The molecule has 0 bridgehead atoms. The topological polar surface area (TPSA) is 47.0 Å². The first-order valence-electron chi connectivity index (χ1n) is 4.10. The van der Waals surface area contributed by atoms with Gasteiger partial charge in [-0.2, -0.15) is 0 Å². The normalized spacial score (nSPS) is 21.7. The van der Waals surface area contributed by atoms with Crippen molar-refractivity contribution >= 4 is 18.8 Å². The van der Waals surface area contributed by atoms with E-state index in [1.54, 1.807) is 25.6 Å². The van der Waals surface area contributed by atoms with Gasteiger partial charge < -0.3 is 0 Å². The van der Waals surface area contributed by atoms with E-state index in [1.807, 2.05) is 6.07 Å². The molecule has 3 nitrogen and oxygen atoms in total. The van der Waals surface area contributed by atoms with Crippen LogP contribution in [0.2, 0.25) is 6.32 Å². The zero-order chi connectivity index (χ0) is 9.26. The second kappa shape index (κ2) is 3.13. The summed E-state index contributed by atoms with van der Waals surface area (Å²) in [6.45, 7) is 0. The SMILES string of the molecule is O=C1C[B]C(c2ccccn2)C1=O. The van der Waals surface area contributed by atoms with E-state index in [1.165, 1.54) is 0 Å². The van der Waals surface area contributed by atoms with Gasteiger partial charge in [0.1, 0.15) is 7.28 Å². The summed E-state index contributed by atoms with van der Waals surface area (Å²) >= 11 is 0. The van der Waals surface area contributed by atoms with Crippen molar-refractivity contribution in [3.8, 4) is 0 Å². The molecule has 4 heteroatoms. The molecule has 1 aromatic heterocycles. The van der Waals surface area contributed by atoms with Gasteiger partial charge in [0.2, 0.25) is 0 Å². The van der Waals surface area contributed by atoms with Crippen molar-refractivity contribution in [3.63, 3.8) is 0 Å². The Morgan fingerprint density at radius 1 is 1.38 bits per heavy atom. The number of rotatable bonds is 1. The Kier molecular flexibility index (Phi) is 1.96. The maximum absolute atomic E-state index is 11.3. The molecule has 2 rings (SSSR count). The number of aromatic nitrogens is 1. The first-order valence-corrected chi connectivity index (χ1v) is 4.10. The van der Waals surface area contributed by atoms with E-state index in [0.717, 1.165) is 0 Å². The monoisotopic (exact) mass is 172 g/mol. The highest BCUT2D eigenvalue weighted by molar-refractivity contribution is 6.68. The van der Waals surface area contributed by atoms with E-state index < -0.39 is 5.82 Å². The highest BCUT2D eigenvalue weighted by atomic mass is 16.2. The molecule has 1 fully saturated rings. The Bertz CT molecular complexity index is 350. The van der Waals surface area contributed by atoms with Crippen molar-refractivity contribution in [2.24, 2.45) is 0 Å². The maximum Gasteiger partial charge on any atom is 0.198 e. The largest absolute Gasteiger partial charge is 0.292 e. The molecule has 1 saturated heterocycles. The van der Waals surface area contributed by atoms with Crippen molar-refractivity contribution in [2.75, 3.05) is 0 Å². The molecule has 0 N–H and O–H groups in total. The van der Waals surface area contributed by atoms with Gasteiger partial charge in [-0.3, -0.25) is 14.6 Å². The average Bonchev–Trinajstić information content (AvgIpc) is 2.49. The summed E-state index contributed by atoms with van der Waals surface area (Å²) in [6, 6.07) is 5.36. The van der Waals surface area contributed by atoms with Crippen LogP contribution in [0.1, 0.15) is 11.5 Å². The van der Waals surface area contributed by atoms with E-state index in [9.17, 15) is 9.59 Å².